The first kappa shape index (κ1) is 18.8. The van der Waals surface area contributed by atoms with Gasteiger partial charge in [0.05, 0.1) is 11.1 Å². The Labute approximate surface area is 170 Å². The number of fused-ring (bicyclic) bond motifs is 1. The van der Waals surface area contributed by atoms with Crippen LogP contribution < -0.4 is 0 Å². The fourth-order valence-corrected chi connectivity index (χ4v) is 3.56. The summed E-state index contributed by atoms with van der Waals surface area (Å²) < 4.78 is 0. The predicted molar refractivity (Wildman–Crippen MR) is 115 cm³/mol. The summed E-state index contributed by atoms with van der Waals surface area (Å²) in [5.74, 6) is -0.00111. The standard InChI is InChI=1S/C25H23N3O/c1-18-8-3-4-10-21(18)17-28(16-20-9-7-13-26-15-20)25(29)23-14-19(2)27-24-12-6-5-11-22(23)24/h3-15H,16-17H2,1-2H3. The van der Waals surface area contributed by atoms with Gasteiger partial charge in [0.1, 0.15) is 0 Å². The van der Waals surface area contributed by atoms with Crippen LogP contribution in [0.25, 0.3) is 10.9 Å². The molecular weight excluding hydrogens is 358 g/mol. The largest absolute Gasteiger partial charge is 0.330 e. The minimum absolute atomic E-state index is 0.00111. The van der Waals surface area contributed by atoms with E-state index in [-0.39, 0.29) is 5.91 Å². The van der Waals surface area contributed by atoms with E-state index in [4.69, 9.17) is 0 Å². The molecule has 0 aliphatic rings. The number of hydrogen-bond acceptors (Lipinski definition) is 3. The van der Waals surface area contributed by atoms with E-state index in [1.807, 2.05) is 72.6 Å². The molecule has 29 heavy (non-hydrogen) atoms. The highest BCUT2D eigenvalue weighted by Crippen LogP contribution is 2.22. The van der Waals surface area contributed by atoms with Crippen molar-refractivity contribution in [1.82, 2.24) is 14.9 Å². The fourth-order valence-electron chi connectivity index (χ4n) is 3.56. The van der Waals surface area contributed by atoms with E-state index in [1.54, 1.807) is 6.20 Å². The Kier molecular flexibility index (Phi) is 5.34. The second kappa shape index (κ2) is 8.23. The smallest absolute Gasteiger partial charge is 0.255 e. The molecule has 0 saturated heterocycles. The maximum Gasteiger partial charge on any atom is 0.255 e. The Hall–Kier alpha value is -3.53. The van der Waals surface area contributed by atoms with Crippen LogP contribution in [0.5, 0.6) is 0 Å². The number of nitrogens with zero attached hydrogens (tertiary/aromatic N) is 3. The molecule has 0 spiro atoms. The Morgan fingerprint density at radius 1 is 0.931 bits per heavy atom. The first-order chi connectivity index (χ1) is 14.1. The molecule has 2 heterocycles. The van der Waals surface area contributed by atoms with E-state index >= 15 is 0 Å². The van der Waals surface area contributed by atoms with Crippen LogP contribution in [-0.4, -0.2) is 20.8 Å². The van der Waals surface area contributed by atoms with Crippen LogP contribution in [-0.2, 0) is 13.1 Å². The molecular formula is C25H23N3O. The highest BCUT2D eigenvalue weighted by molar-refractivity contribution is 6.06. The van der Waals surface area contributed by atoms with Gasteiger partial charge in [-0.15, -0.1) is 0 Å². The number of rotatable bonds is 5. The fraction of sp³-hybridized carbons (Fsp3) is 0.160. The molecule has 0 fully saturated rings. The third-order valence-electron chi connectivity index (χ3n) is 5.08. The average molecular weight is 381 g/mol. The van der Waals surface area contributed by atoms with Gasteiger partial charge in [0.25, 0.3) is 5.91 Å². The summed E-state index contributed by atoms with van der Waals surface area (Å²) >= 11 is 0. The first-order valence-corrected chi connectivity index (χ1v) is 9.71. The minimum Gasteiger partial charge on any atom is -0.330 e. The number of aryl methyl sites for hydroxylation is 2. The lowest BCUT2D eigenvalue weighted by molar-refractivity contribution is 0.0731. The molecule has 4 nitrogen and oxygen atoms in total. The Morgan fingerprint density at radius 2 is 1.72 bits per heavy atom. The lowest BCUT2D eigenvalue weighted by Gasteiger charge is -2.24. The van der Waals surface area contributed by atoms with Crippen molar-refractivity contribution >= 4 is 16.8 Å². The molecule has 144 valence electrons. The minimum atomic E-state index is -0.00111. The molecule has 0 saturated carbocycles. The molecule has 0 aliphatic heterocycles. The molecule has 0 bridgehead atoms. The zero-order valence-corrected chi connectivity index (χ0v) is 16.7. The Morgan fingerprint density at radius 3 is 2.52 bits per heavy atom. The highest BCUT2D eigenvalue weighted by atomic mass is 16.2. The maximum absolute atomic E-state index is 13.7. The molecule has 4 rings (SSSR count). The zero-order valence-electron chi connectivity index (χ0n) is 16.7. The third-order valence-corrected chi connectivity index (χ3v) is 5.08. The molecule has 0 N–H and O–H groups in total. The van der Waals surface area contributed by atoms with Crippen molar-refractivity contribution < 1.29 is 4.79 Å². The topological polar surface area (TPSA) is 46.1 Å². The molecule has 4 heteroatoms. The van der Waals surface area contributed by atoms with Crippen molar-refractivity contribution in [3.63, 3.8) is 0 Å². The number of para-hydroxylation sites is 1. The molecule has 1 amide bonds. The zero-order chi connectivity index (χ0) is 20.2. The summed E-state index contributed by atoms with van der Waals surface area (Å²) in [6, 6.07) is 21.8. The summed E-state index contributed by atoms with van der Waals surface area (Å²) in [5, 5.41) is 0.879. The molecule has 0 aliphatic carbocycles. The predicted octanol–water partition coefficient (Wildman–Crippen LogP) is 5.09. The number of benzene rings is 2. The number of hydrogen-bond donors (Lipinski definition) is 0. The number of amides is 1. The molecule has 2 aromatic heterocycles. The van der Waals surface area contributed by atoms with E-state index < -0.39 is 0 Å². The van der Waals surface area contributed by atoms with Crippen molar-refractivity contribution in [2.75, 3.05) is 0 Å². The van der Waals surface area contributed by atoms with Crippen molar-refractivity contribution in [1.29, 1.82) is 0 Å². The Balaban J connectivity index is 1.76. The van der Waals surface area contributed by atoms with Crippen LogP contribution in [0.2, 0.25) is 0 Å². The average Bonchev–Trinajstić information content (AvgIpc) is 2.74. The summed E-state index contributed by atoms with van der Waals surface area (Å²) in [6.45, 7) is 5.04. The van der Waals surface area contributed by atoms with Crippen LogP contribution in [0, 0.1) is 13.8 Å². The second-order valence-electron chi connectivity index (χ2n) is 7.28. The van der Waals surface area contributed by atoms with Crippen LogP contribution in [0.1, 0.15) is 32.7 Å². The number of aromatic nitrogens is 2. The molecule has 0 unspecified atom stereocenters. The molecule has 0 atom stereocenters. The van der Waals surface area contributed by atoms with E-state index in [0.29, 0.717) is 18.7 Å². The normalized spacial score (nSPS) is 10.8. The van der Waals surface area contributed by atoms with Gasteiger partial charge in [-0.3, -0.25) is 14.8 Å². The number of carbonyl (C=O) groups is 1. The molecule has 0 radical (unpaired) electrons. The van der Waals surface area contributed by atoms with Gasteiger partial charge in [-0.25, -0.2) is 0 Å². The lowest BCUT2D eigenvalue weighted by atomic mass is 10.0. The second-order valence-corrected chi connectivity index (χ2v) is 7.28. The van der Waals surface area contributed by atoms with Crippen LogP contribution in [0.15, 0.2) is 79.1 Å². The highest BCUT2D eigenvalue weighted by Gasteiger charge is 2.20. The van der Waals surface area contributed by atoms with E-state index in [0.717, 1.165) is 27.7 Å². The van der Waals surface area contributed by atoms with Crippen LogP contribution >= 0.6 is 0 Å². The Bertz CT molecular complexity index is 1160. The van der Waals surface area contributed by atoms with Gasteiger partial charge in [0, 0.05) is 36.6 Å². The third kappa shape index (κ3) is 4.16. The van der Waals surface area contributed by atoms with Crippen molar-refractivity contribution in [2.24, 2.45) is 0 Å². The van der Waals surface area contributed by atoms with Gasteiger partial charge in [0.2, 0.25) is 0 Å². The van der Waals surface area contributed by atoms with Gasteiger partial charge < -0.3 is 4.90 Å². The lowest BCUT2D eigenvalue weighted by Crippen LogP contribution is -2.30. The van der Waals surface area contributed by atoms with Gasteiger partial charge in [0.15, 0.2) is 0 Å². The number of pyridine rings is 2. The van der Waals surface area contributed by atoms with Crippen molar-refractivity contribution in [3.8, 4) is 0 Å². The van der Waals surface area contributed by atoms with E-state index in [2.05, 4.69) is 29.0 Å². The summed E-state index contributed by atoms with van der Waals surface area (Å²) in [4.78, 5) is 24.4. The summed E-state index contributed by atoms with van der Waals surface area (Å²) in [7, 11) is 0. The van der Waals surface area contributed by atoms with E-state index in [9.17, 15) is 4.79 Å². The summed E-state index contributed by atoms with van der Waals surface area (Å²) in [6.07, 6.45) is 3.56. The molecule has 4 aromatic rings. The van der Waals surface area contributed by atoms with Crippen LogP contribution in [0.4, 0.5) is 0 Å². The van der Waals surface area contributed by atoms with Gasteiger partial charge in [-0.2, -0.15) is 0 Å². The van der Waals surface area contributed by atoms with E-state index in [1.165, 1.54) is 5.56 Å². The summed E-state index contributed by atoms with van der Waals surface area (Å²) in [5.41, 5.74) is 5.68. The van der Waals surface area contributed by atoms with Crippen molar-refractivity contribution in [3.05, 3.63) is 107 Å². The monoisotopic (exact) mass is 381 g/mol. The van der Waals surface area contributed by atoms with Crippen LogP contribution in [0.3, 0.4) is 0 Å². The van der Waals surface area contributed by atoms with Gasteiger partial charge in [-0.1, -0.05) is 48.5 Å². The SMILES string of the molecule is Cc1cc(C(=O)N(Cc2cccnc2)Cc2ccccc2C)c2ccccc2n1. The number of carbonyl (C=O) groups excluding carboxylic acids is 1. The first-order valence-electron chi connectivity index (χ1n) is 9.71. The molecule has 2 aromatic carbocycles. The van der Waals surface area contributed by atoms with Crippen molar-refractivity contribution in [2.45, 2.75) is 26.9 Å². The quantitative estimate of drug-likeness (QED) is 0.484. The van der Waals surface area contributed by atoms with Gasteiger partial charge >= 0.3 is 0 Å². The van der Waals surface area contributed by atoms with Gasteiger partial charge in [-0.05, 0) is 48.7 Å². The maximum atomic E-state index is 13.7.